The number of nitrogens with one attached hydrogen (secondary N) is 1. The van der Waals surface area contributed by atoms with Crippen LogP contribution in [0.2, 0.25) is 5.15 Å². The Hall–Kier alpha value is -0.640. The smallest absolute Gasteiger partial charge is 0.129 e. The molecule has 1 aromatic heterocycles. The number of aromatic nitrogens is 1. The molecule has 2 heterocycles. The minimum Gasteiger partial charge on any atom is -0.314 e. The summed E-state index contributed by atoms with van der Waals surface area (Å²) in [5, 5.41) is 3.98. The Morgan fingerprint density at radius 2 is 2.11 bits per heavy atom. The standard InChI is InChI=1S/C14H22ClN3/c1-3-11(2)14(18-8-6-16-7-9-18)12-4-5-13(15)17-10-12/h4-5,10-11,14,16H,3,6-9H2,1-2H3/t11?,14-/m1/s1. The Kier molecular flexibility index (Phi) is 4.98. The summed E-state index contributed by atoms with van der Waals surface area (Å²) in [6.07, 6.45) is 3.11. The molecule has 3 nitrogen and oxygen atoms in total. The van der Waals surface area contributed by atoms with E-state index in [1.807, 2.05) is 12.3 Å². The van der Waals surface area contributed by atoms with Gasteiger partial charge in [0, 0.05) is 38.4 Å². The van der Waals surface area contributed by atoms with Crippen LogP contribution in [0.4, 0.5) is 0 Å². The van der Waals surface area contributed by atoms with E-state index in [1.54, 1.807) is 0 Å². The Labute approximate surface area is 115 Å². The predicted molar refractivity (Wildman–Crippen MR) is 75.9 cm³/mol. The fourth-order valence-electron chi connectivity index (χ4n) is 2.65. The Balaban J connectivity index is 2.20. The van der Waals surface area contributed by atoms with Crippen LogP contribution in [0.25, 0.3) is 0 Å². The van der Waals surface area contributed by atoms with Gasteiger partial charge in [-0.2, -0.15) is 0 Å². The van der Waals surface area contributed by atoms with Crippen LogP contribution in [-0.4, -0.2) is 36.1 Å². The van der Waals surface area contributed by atoms with Crippen molar-refractivity contribution in [2.45, 2.75) is 26.3 Å². The van der Waals surface area contributed by atoms with Gasteiger partial charge in [-0.1, -0.05) is 37.9 Å². The van der Waals surface area contributed by atoms with E-state index in [0.29, 0.717) is 17.1 Å². The Morgan fingerprint density at radius 3 is 2.67 bits per heavy atom. The summed E-state index contributed by atoms with van der Waals surface area (Å²) in [5.74, 6) is 0.631. The summed E-state index contributed by atoms with van der Waals surface area (Å²) >= 11 is 5.88. The van der Waals surface area contributed by atoms with Gasteiger partial charge in [0.25, 0.3) is 0 Å². The van der Waals surface area contributed by atoms with Gasteiger partial charge in [0.05, 0.1) is 0 Å². The second kappa shape index (κ2) is 6.50. The highest BCUT2D eigenvalue weighted by Crippen LogP contribution is 2.30. The van der Waals surface area contributed by atoms with Crippen LogP contribution in [0.5, 0.6) is 0 Å². The highest BCUT2D eigenvalue weighted by Gasteiger charge is 2.26. The molecule has 100 valence electrons. The molecule has 0 aromatic carbocycles. The maximum absolute atomic E-state index is 5.88. The third-order valence-corrected chi connectivity index (χ3v) is 4.04. The third-order valence-electron chi connectivity index (χ3n) is 3.82. The Bertz CT molecular complexity index is 360. The van der Waals surface area contributed by atoms with Gasteiger partial charge < -0.3 is 5.32 Å². The van der Waals surface area contributed by atoms with Crippen molar-refractivity contribution in [2.24, 2.45) is 5.92 Å². The Morgan fingerprint density at radius 1 is 1.39 bits per heavy atom. The lowest BCUT2D eigenvalue weighted by atomic mass is 9.91. The molecule has 0 amide bonds. The van der Waals surface area contributed by atoms with Crippen molar-refractivity contribution in [3.63, 3.8) is 0 Å². The zero-order chi connectivity index (χ0) is 13.0. The van der Waals surface area contributed by atoms with Crippen molar-refractivity contribution >= 4 is 11.6 Å². The lowest BCUT2D eigenvalue weighted by molar-refractivity contribution is 0.128. The van der Waals surface area contributed by atoms with Crippen molar-refractivity contribution in [3.05, 3.63) is 29.0 Å². The first-order valence-corrected chi connectivity index (χ1v) is 7.16. The van der Waals surface area contributed by atoms with Crippen LogP contribution in [0, 0.1) is 5.92 Å². The van der Waals surface area contributed by atoms with Crippen LogP contribution in [0.3, 0.4) is 0 Å². The highest BCUT2D eigenvalue weighted by molar-refractivity contribution is 6.29. The minimum atomic E-state index is 0.460. The summed E-state index contributed by atoms with van der Waals surface area (Å²) in [6, 6.07) is 4.48. The van der Waals surface area contributed by atoms with Gasteiger partial charge in [0.1, 0.15) is 5.15 Å². The molecule has 1 saturated heterocycles. The second-order valence-corrected chi connectivity index (χ2v) is 5.42. The fourth-order valence-corrected chi connectivity index (χ4v) is 2.76. The fraction of sp³-hybridized carbons (Fsp3) is 0.643. The van der Waals surface area contributed by atoms with Crippen molar-refractivity contribution in [1.29, 1.82) is 0 Å². The predicted octanol–water partition coefficient (Wildman–Crippen LogP) is 2.73. The molecule has 4 heteroatoms. The van der Waals surface area contributed by atoms with E-state index in [-0.39, 0.29) is 0 Å². The molecule has 0 spiro atoms. The summed E-state index contributed by atoms with van der Waals surface area (Å²) in [4.78, 5) is 6.80. The molecule has 0 aliphatic carbocycles. The molecule has 1 aromatic rings. The number of halogens is 1. The maximum Gasteiger partial charge on any atom is 0.129 e. The van der Waals surface area contributed by atoms with Crippen LogP contribution >= 0.6 is 11.6 Å². The molecule has 2 rings (SSSR count). The van der Waals surface area contributed by atoms with Gasteiger partial charge in [-0.05, 0) is 17.5 Å². The molecule has 1 N–H and O–H groups in total. The van der Waals surface area contributed by atoms with E-state index in [9.17, 15) is 0 Å². The van der Waals surface area contributed by atoms with Gasteiger partial charge in [-0.3, -0.25) is 4.90 Å². The van der Waals surface area contributed by atoms with Crippen LogP contribution < -0.4 is 5.32 Å². The number of piperazine rings is 1. The molecule has 0 saturated carbocycles. The average molecular weight is 268 g/mol. The number of rotatable bonds is 4. The quantitative estimate of drug-likeness (QED) is 0.851. The zero-order valence-corrected chi connectivity index (χ0v) is 12.0. The maximum atomic E-state index is 5.88. The van der Waals surface area contributed by atoms with E-state index in [4.69, 9.17) is 11.6 Å². The number of pyridine rings is 1. The number of hydrogen-bond acceptors (Lipinski definition) is 3. The van der Waals surface area contributed by atoms with Crippen LogP contribution in [0.1, 0.15) is 31.9 Å². The molecule has 0 radical (unpaired) electrons. The minimum absolute atomic E-state index is 0.460. The van der Waals surface area contributed by atoms with Gasteiger partial charge >= 0.3 is 0 Å². The topological polar surface area (TPSA) is 28.2 Å². The van der Waals surface area contributed by atoms with E-state index < -0.39 is 0 Å². The molecule has 1 aliphatic rings. The second-order valence-electron chi connectivity index (χ2n) is 5.03. The number of nitrogens with zero attached hydrogens (tertiary/aromatic N) is 2. The van der Waals surface area contributed by atoms with Crippen molar-refractivity contribution in [1.82, 2.24) is 15.2 Å². The van der Waals surface area contributed by atoms with Gasteiger partial charge in [0.2, 0.25) is 0 Å². The van der Waals surface area contributed by atoms with Gasteiger partial charge in [-0.25, -0.2) is 4.98 Å². The third kappa shape index (κ3) is 3.22. The van der Waals surface area contributed by atoms with Crippen LogP contribution in [0.15, 0.2) is 18.3 Å². The summed E-state index contributed by atoms with van der Waals surface area (Å²) in [7, 11) is 0. The van der Waals surface area contributed by atoms with Gasteiger partial charge in [-0.15, -0.1) is 0 Å². The van der Waals surface area contributed by atoms with Crippen molar-refractivity contribution < 1.29 is 0 Å². The van der Waals surface area contributed by atoms with Crippen LogP contribution in [-0.2, 0) is 0 Å². The zero-order valence-electron chi connectivity index (χ0n) is 11.2. The molecule has 1 unspecified atom stereocenters. The first-order valence-electron chi connectivity index (χ1n) is 6.78. The molecule has 1 aliphatic heterocycles. The molecular weight excluding hydrogens is 246 g/mol. The molecule has 0 bridgehead atoms. The average Bonchev–Trinajstić information content (AvgIpc) is 2.42. The number of hydrogen-bond donors (Lipinski definition) is 1. The van der Waals surface area contributed by atoms with Crippen molar-refractivity contribution in [3.8, 4) is 0 Å². The van der Waals surface area contributed by atoms with E-state index in [0.717, 1.165) is 26.2 Å². The summed E-state index contributed by atoms with van der Waals surface area (Å²) in [6.45, 7) is 8.95. The van der Waals surface area contributed by atoms with E-state index in [1.165, 1.54) is 12.0 Å². The first kappa shape index (κ1) is 13.8. The normalized spacial score (nSPS) is 20.6. The van der Waals surface area contributed by atoms with Crippen molar-refractivity contribution in [2.75, 3.05) is 26.2 Å². The molecule has 18 heavy (non-hydrogen) atoms. The summed E-state index contributed by atoms with van der Waals surface area (Å²) in [5.41, 5.74) is 1.29. The molecule has 1 fully saturated rings. The monoisotopic (exact) mass is 267 g/mol. The lowest BCUT2D eigenvalue weighted by Crippen LogP contribution is -2.46. The highest BCUT2D eigenvalue weighted by atomic mass is 35.5. The van der Waals surface area contributed by atoms with Gasteiger partial charge in [0.15, 0.2) is 0 Å². The largest absolute Gasteiger partial charge is 0.314 e. The molecular formula is C14H22ClN3. The lowest BCUT2D eigenvalue weighted by Gasteiger charge is -2.38. The van der Waals surface area contributed by atoms with E-state index >= 15 is 0 Å². The molecule has 2 atom stereocenters. The first-order chi connectivity index (χ1) is 8.72. The van der Waals surface area contributed by atoms with E-state index in [2.05, 4.69) is 35.1 Å². The summed E-state index contributed by atoms with van der Waals surface area (Å²) < 4.78 is 0. The SMILES string of the molecule is CCC(C)[C@H](c1ccc(Cl)nc1)N1CCNCC1.